The number of hydrogen-bond donors (Lipinski definition) is 0. The highest BCUT2D eigenvalue weighted by Gasteiger charge is 2.27. The summed E-state index contributed by atoms with van der Waals surface area (Å²) in [6, 6.07) is 65.4. The molecule has 3 heteroatoms. The van der Waals surface area contributed by atoms with Crippen molar-refractivity contribution < 1.29 is 0 Å². The highest BCUT2D eigenvalue weighted by molar-refractivity contribution is 7.26. The van der Waals surface area contributed by atoms with Gasteiger partial charge in [0, 0.05) is 42.2 Å². The number of para-hydroxylation sites is 3. The molecule has 2 nitrogen and oxygen atoms in total. The minimum Gasteiger partial charge on any atom is -0.309 e. The van der Waals surface area contributed by atoms with Gasteiger partial charge in [-0.1, -0.05) is 141 Å². The fourth-order valence-electron chi connectivity index (χ4n) is 9.62. The molecule has 264 valence electrons. The zero-order valence-corrected chi connectivity index (χ0v) is 31.5. The molecule has 2 aromatic heterocycles. The molecule has 0 radical (unpaired) electrons. The van der Waals surface area contributed by atoms with E-state index in [-0.39, 0.29) is 0 Å². The van der Waals surface area contributed by atoms with Crippen molar-refractivity contribution in [3.8, 4) is 16.8 Å². The lowest BCUT2D eigenvalue weighted by molar-refractivity contribution is 0.445. The van der Waals surface area contributed by atoms with Gasteiger partial charge in [-0.15, -0.1) is 11.3 Å². The molecule has 1 fully saturated rings. The standard InChI is InChI=1S/C52H40N2S/c1-3-17-35(18-4-1)38-26-13-19-36-20-14-27-40(50(36)38)39-23-7-10-28-43(39)54(47-32-16-34-49-52(47)42-25-9-12-33-48(42)55-49)46-31-15-30-45-51(46)41-24-8-11-29-44(41)53(45)37-21-5-2-6-22-37/h2,5-16,19-35H,1,3-4,17-18H2. The first kappa shape index (κ1) is 32.3. The zero-order valence-electron chi connectivity index (χ0n) is 30.7. The minimum absolute atomic E-state index is 0.589. The first-order valence-electron chi connectivity index (χ1n) is 19.7. The lowest BCUT2D eigenvalue weighted by atomic mass is 9.80. The molecule has 1 aliphatic rings. The van der Waals surface area contributed by atoms with Crippen molar-refractivity contribution >= 4 is 81.1 Å². The van der Waals surface area contributed by atoms with E-state index in [0.717, 1.165) is 5.69 Å². The summed E-state index contributed by atoms with van der Waals surface area (Å²) >= 11 is 1.88. The van der Waals surface area contributed by atoms with E-state index in [2.05, 4.69) is 185 Å². The molecule has 1 aliphatic carbocycles. The molecule has 0 N–H and O–H groups in total. The van der Waals surface area contributed by atoms with Crippen molar-refractivity contribution in [2.75, 3.05) is 4.90 Å². The lowest BCUT2D eigenvalue weighted by Gasteiger charge is -2.30. The van der Waals surface area contributed by atoms with Crippen LogP contribution in [0.2, 0.25) is 0 Å². The Hall–Kier alpha value is -6.16. The number of aromatic nitrogens is 1. The van der Waals surface area contributed by atoms with Gasteiger partial charge in [0.2, 0.25) is 0 Å². The molecule has 0 bridgehead atoms. The van der Waals surface area contributed by atoms with Gasteiger partial charge >= 0.3 is 0 Å². The van der Waals surface area contributed by atoms with Crippen molar-refractivity contribution in [2.24, 2.45) is 0 Å². The van der Waals surface area contributed by atoms with Gasteiger partial charge in [-0.25, -0.2) is 0 Å². The van der Waals surface area contributed by atoms with Crippen LogP contribution in [0.25, 0.3) is 69.6 Å². The first-order valence-corrected chi connectivity index (χ1v) is 20.5. The van der Waals surface area contributed by atoms with Crippen LogP contribution in [0.5, 0.6) is 0 Å². The maximum atomic E-state index is 2.59. The van der Waals surface area contributed by atoms with Gasteiger partial charge in [-0.2, -0.15) is 0 Å². The van der Waals surface area contributed by atoms with Crippen LogP contribution in [-0.2, 0) is 0 Å². The third-order valence-electron chi connectivity index (χ3n) is 12.0. The number of fused-ring (bicyclic) bond motifs is 7. The SMILES string of the molecule is c1ccc(-n2c3ccccc3c3c(N(c4ccccc4-c4cccc5cccc(C6CCCCC6)c45)c4cccc5sc6ccccc6c45)cccc32)cc1. The Morgan fingerprint density at radius 2 is 1.05 bits per heavy atom. The Morgan fingerprint density at radius 3 is 1.93 bits per heavy atom. The summed E-state index contributed by atoms with van der Waals surface area (Å²) < 4.78 is 5.04. The Labute approximate surface area is 325 Å². The second-order valence-electron chi connectivity index (χ2n) is 15.0. The number of benzene rings is 8. The second kappa shape index (κ2) is 13.3. The van der Waals surface area contributed by atoms with Crippen LogP contribution in [0.15, 0.2) is 176 Å². The third kappa shape index (κ3) is 5.21. The fourth-order valence-corrected chi connectivity index (χ4v) is 10.7. The average molecular weight is 725 g/mol. The largest absolute Gasteiger partial charge is 0.309 e. The maximum Gasteiger partial charge on any atom is 0.0562 e. The molecule has 0 spiro atoms. The van der Waals surface area contributed by atoms with Crippen LogP contribution in [0.4, 0.5) is 17.1 Å². The molecule has 0 amide bonds. The van der Waals surface area contributed by atoms with E-state index in [1.807, 2.05) is 11.3 Å². The molecule has 0 atom stereocenters. The Balaban J connectivity index is 1.26. The molecular weight excluding hydrogens is 685 g/mol. The number of anilines is 3. The van der Waals surface area contributed by atoms with Gasteiger partial charge in [0.25, 0.3) is 0 Å². The summed E-state index contributed by atoms with van der Waals surface area (Å²) in [6.45, 7) is 0. The van der Waals surface area contributed by atoms with Gasteiger partial charge < -0.3 is 9.47 Å². The molecular formula is C52H40N2S. The van der Waals surface area contributed by atoms with Crippen LogP contribution in [0.3, 0.4) is 0 Å². The molecule has 1 saturated carbocycles. The molecule has 10 aromatic rings. The van der Waals surface area contributed by atoms with Crippen LogP contribution < -0.4 is 4.90 Å². The zero-order chi connectivity index (χ0) is 36.3. The summed E-state index contributed by atoms with van der Waals surface area (Å²) in [5.41, 5.74) is 11.2. The van der Waals surface area contributed by atoms with Crippen LogP contribution in [-0.4, -0.2) is 4.57 Å². The van der Waals surface area contributed by atoms with E-state index in [0.29, 0.717) is 5.92 Å². The Bertz CT molecular complexity index is 3030. The van der Waals surface area contributed by atoms with Crippen molar-refractivity contribution in [2.45, 2.75) is 38.0 Å². The predicted octanol–water partition coefficient (Wildman–Crippen LogP) is 15.5. The van der Waals surface area contributed by atoms with E-state index in [9.17, 15) is 0 Å². The molecule has 0 unspecified atom stereocenters. The third-order valence-corrected chi connectivity index (χ3v) is 13.1. The summed E-state index contributed by atoms with van der Waals surface area (Å²) in [5.74, 6) is 0.589. The molecule has 8 aromatic carbocycles. The topological polar surface area (TPSA) is 8.17 Å². The normalized spacial score (nSPS) is 13.7. The highest BCUT2D eigenvalue weighted by atomic mass is 32.1. The van der Waals surface area contributed by atoms with E-state index < -0.39 is 0 Å². The minimum atomic E-state index is 0.589. The van der Waals surface area contributed by atoms with Gasteiger partial charge in [0.1, 0.15) is 0 Å². The molecule has 0 aliphatic heterocycles. The Kier molecular flexibility index (Phi) is 7.81. The monoisotopic (exact) mass is 724 g/mol. The first-order chi connectivity index (χ1) is 27.3. The number of rotatable bonds is 6. The summed E-state index contributed by atoms with van der Waals surface area (Å²) in [6.07, 6.45) is 6.50. The molecule has 2 heterocycles. The van der Waals surface area contributed by atoms with Gasteiger partial charge in [-0.05, 0) is 95.3 Å². The average Bonchev–Trinajstić information content (AvgIpc) is 3.81. The maximum absolute atomic E-state index is 2.59. The fraction of sp³-hybridized carbons (Fsp3) is 0.115. The van der Waals surface area contributed by atoms with Crippen molar-refractivity contribution in [1.29, 1.82) is 0 Å². The quantitative estimate of drug-likeness (QED) is 0.166. The molecule has 0 saturated heterocycles. The Morgan fingerprint density at radius 1 is 0.436 bits per heavy atom. The van der Waals surface area contributed by atoms with Crippen LogP contribution >= 0.6 is 11.3 Å². The van der Waals surface area contributed by atoms with Crippen molar-refractivity contribution in [1.82, 2.24) is 4.57 Å². The van der Waals surface area contributed by atoms with Crippen LogP contribution in [0.1, 0.15) is 43.6 Å². The van der Waals surface area contributed by atoms with Crippen molar-refractivity contribution in [3.05, 3.63) is 181 Å². The molecule has 11 rings (SSSR count). The lowest BCUT2D eigenvalue weighted by Crippen LogP contribution is -2.12. The van der Waals surface area contributed by atoms with E-state index in [4.69, 9.17) is 0 Å². The number of hydrogen-bond acceptors (Lipinski definition) is 2. The van der Waals surface area contributed by atoms with Crippen molar-refractivity contribution in [3.63, 3.8) is 0 Å². The van der Waals surface area contributed by atoms with E-state index >= 15 is 0 Å². The van der Waals surface area contributed by atoms with Crippen LogP contribution in [0, 0.1) is 0 Å². The predicted molar refractivity (Wildman–Crippen MR) is 237 cm³/mol. The second-order valence-corrected chi connectivity index (χ2v) is 16.1. The summed E-state index contributed by atoms with van der Waals surface area (Å²) in [7, 11) is 0. The summed E-state index contributed by atoms with van der Waals surface area (Å²) in [5, 5.41) is 7.80. The van der Waals surface area contributed by atoms with Gasteiger partial charge in [-0.3, -0.25) is 0 Å². The van der Waals surface area contributed by atoms with E-state index in [1.165, 1.54) is 119 Å². The smallest absolute Gasteiger partial charge is 0.0562 e. The highest BCUT2D eigenvalue weighted by Crippen LogP contribution is 2.51. The van der Waals surface area contributed by atoms with Gasteiger partial charge in [0.05, 0.1) is 28.1 Å². The van der Waals surface area contributed by atoms with E-state index in [1.54, 1.807) is 0 Å². The van der Waals surface area contributed by atoms with Gasteiger partial charge in [0.15, 0.2) is 0 Å². The molecule has 55 heavy (non-hydrogen) atoms. The number of nitrogens with zero attached hydrogens (tertiary/aromatic N) is 2. The number of thiophene rings is 1. The summed E-state index contributed by atoms with van der Waals surface area (Å²) in [4.78, 5) is 2.59.